The van der Waals surface area contributed by atoms with Gasteiger partial charge in [-0.15, -0.1) is 0 Å². The first kappa shape index (κ1) is 23.7. The third-order valence-corrected chi connectivity index (χ3v) is 3.03. The smallest absolute Gasteiger partial charge is 0.333 e. The highest BCUT2D eigenvalue weighted by molar-refractivity contribution is 5.86. The SMILES string of the molecule is C=C(C)C(=O)OCCCCCCCCCC.C=CC(=O)OCC. The van der Waals surface area contributed by atoms with Crippen molar-refractivity contribution in [1.29, 1.82) is 0 Å². The fraction of sp³-hybridized carbons (Fsp3) is 0.684. The van der Waals surface area contributed by atoms with E-state index >= 15 is 0 Å². The van der Waals surface area contributed by atoms with Gasteiger partial charge in [0, 0.05) is 11.6 Å². The number of carbonyl (C=O) groups is 2. The summed E-state index contributed by atoms with van der Waals surface area (Å²) in [4.78, 5) is 21.1. The van der Waals surface area contributed by atoms with Crippen molar-refractivity contribution in [2.75, 3.05) is 13.2 Å². The predicted octanol–water partition coefficient (Wildman–Crippen LogP) is 4.98. The van der Waals surface area contributed by atoms with Crippen molar-refractivity contribution in [3.05, 3.63) is 24.8 Å². The summed E-state index contributed by atoms with van der Waals surface area (Å²) in [5, 5.41) is 0. The van der Waals surface area contributed by atoms with Crippen LogP contribution in [0.5, 0.6) is 0 Å². The molecule has 4 heteroatoms. The van der Waals surface area contributed by atoms with E-state index in [-0.39, 0.29) is 11.9 Å². The molecule has 0 rings (SSSR count). The van der Waals surface area contributed by atoms with Crippen LogP contribution in [0, 0.1) is 0 Å². The molecule has 0 aromatic heterocycles. The van der Waals surface area contributed by atoms with Crippen molar-refractivity contribution in [2.24, 2.45) is 0 Å². The van der Waals surface area contributed by atoms with Gasteiger partial charge in [0.05, 0.1) is 13.2 Å². The largest absolute Gasteiger partial charge is 0.463 e. The van der Waals surface area contributed by atoms with Gasteiger partial charge in [-0.2, -0.15) is 0 Å². The molecule has 134 valence electrons. The Labute approximate surface area is 141 Å². The third kappa shape index (κ3) is 20.4. The summed E-state index contributed by atoms with van der Waals surface area (Å²) in [6, 6.07) is 0. The number of carbonyl (C=O) groups excluding carboxylic acids is 2. The van der Waals surface area contributed by atoms with Crippen LogP contribution in [0.15, 0.2) is 24.8 Å². The minimum absolute atomic E-state index is 0.261. The molecular formula is C19H34O4. The summed E-state index contributed by atoms with van der Waals surface area (Å²) in [5.41, 5.74) is 0.486. The molecule has 0 aromatic carbocycles. The number of esters is 2. The lowest BCUT2D eigenvalue weighted by atomic mass is 10.1. The van der Waals surface area contributed by atoms with Crippen LogP contribution in [0.2, 0.25) is 0 Å². The molecule has 0 unspecified atom stereocenters. The minimum Gasteiger partial charge on any atom is -0.463 e. The third-order valence-electron chi connectivity index (χ3n) is 3.03. The van der Waals surface area contributed by atoms with E-state index in [9.17, 15) is 9.59 Å². The number of hydrogen-bond acceptors (Lipinski definition) is 4. The maximum absolute atomic E-state index is 11.0. The lowest BCUT2D eigenvalue weighted by molar-refractivity contribution is -0.139. The fourth-order valence-electron chi connectivity index (χ4n) is 1.73. The van der Waals surface area contributed by atoms with Gasteiger partial charge in [-0.05, 0) is 20.3 Å². The number of unbranched alkanes of at least 4 members (excludes halogenated alkanes) is 7. The topological polar surface area (TPSA) is 52.6 Å². The van der Waals surface area contributed by atoms with Crippen LogP contribution in [-0.2, 0) is 19.1 Å². The molecule has 0 aliphatic heterocycles. The zero-order valence-electron chi connectivity index (χ0n) is 15.2. The van der Waals surface area contributed by atoms with Gasteiger partial charge < -0.3 is 9.47 Å². The molecule has 0 spiro atoms. The van der Waals surface area contributed by atoms with Crippen molar-refractivity contribution in [2.45, 2.75) is 72.1 Å². The quantitative estimate of drug-likeness (QED) is 0.288. The number of ether oxygens (including phenoxy) is 2. The molecular weight excluding hydrogens is 292 g/mol. The molecule has 0 heterocycles. The Balaban J connectivity index is 0. The summed E-state index contributed by atoms with van der Waals surface area (Å²) < 4.78 is 9.44. The van der Waals surface area contributed by atoms with Crippen molar-refractivity contribution in [1.82, 2.24) is 0 Å². The van der Waals surface area contributed by atoms with Crippen molar-refractivity contribution < 1.29 is 19.1 Å². The van der Waals surface area contributed by atoms with Crippen LogP contribution in [0.25, 0.3) is 0 Å². The zero-order chi connectivity index (χ0) is 17.9. The zero-order valence-corrected chi connectivity index (χ0v) is 15.2. The molecule has 0 aromatic rings. The Morgan fingerprint density at radius 3 is 1.83 bits per heavy atom. The van der Waals surface area contributed by atoms with Crippen molar-refractivity contribution >= 4 is 11.9 Å². The van der Waals surface area contributed by atoms with Crippen LogP contribution in [0.4, 0.5) is 0 Å². The van der Waals surface area contributed by atoms with E-state index in [0.29, 0.717) is 18.8 Å². The highest BCUT2D eigenvalue weighted by Crippen LogP contribution is 2.08. The standard InChI is InChI=1S/C14H26O2.C5H8O2/c1-4-5-6-7-8-9-10-11-12-16-14(15)13(2)3;1-3-5(6)7-4-2/h2,4-12H2,1,3H3;3H,1,4H2,2H3. The Kier molecular flexibility index (Phi) is 19.0. The van der Waals surface area contributed by atoms with Gasteiger partial charge in [-0.25, -0.2) is 9.59 Å². The van der Waals surface area contributed by atoms with Gasteiger partial charge in [-0.3, -0.25) is 0 Å². The second-order valence-corrected chi connectivity index (χ2v) is 5.35. The van der Waals surface area contributed by atoms with Crippen molar-refractivity contribution in [3.63, 3.8) is 0 Å². The Hall–Kier alpha value is -1.58. The summed E-state index contributed by atoms with van der Waals surface area (Å²) in [6.07, 6.45) is 11.2. The molecule has 0 atom stereocenters. The average Bonchev–Trinajstić information content (AvgIpc) is 2.53. The molecule has 0 saturated heterocycles. The maximum Gasteiger partial charge on any atom is 0.333 e. The first-order valence-electron chi connectivity index (χ1n) is 8.61. The van der Waals surface area contributed by atoms with Gasteiger partial charge in [0.2, 0.25) is 0 Å². The molecule has 0 radical (unpaired) electrons. The van der Waals surface area contributed by atoms with Gasteiger partial charge in [0.1, 0.15) is 0 Å². The van der Waals surface area contributed by atoms with Crippen LogP contribution in [0.1, 0.15) is 72.1 Å². The average molecular weight is 326 g/mol. The van der Waals surface area contributed by atoms with Crippen LogP contribution in [-0.4, -0.2) is 25.2 Å². The summed E-state index contributed by atoms with van der Waals surface area (Å²) >= 11 is 0. The minimum atomic E-state index is -0.359. The molecule has 0 fully saturated rings. The van der Waals surface area contributed by atoms with E-state index in [1.54, 1.807) is 13.8 Å². The second-order valence-electron chi connectivity index (χ2n) is 5.35. The maximum atomic E-state index is 11.0. The summed E-state index contributed by atoms with van der Waals surface area (Å²) in [5.74, 6) is -0.620. The van der Waals surface area contributed by atoms with Gasteiger partial charge >= 0.3 is 11.9 Å². The molecule has 0 aliphatic carbocycles. The normalized spacial score (nSPS) is 9.35. The van der Waals surface area contributed by atoms with E-state index in [1.165, 1.54) is 38.5 Å². The van der Waals surface area contributed by atoms with Gasteiger partial charge in [0.15, 0.2) is 0 Å². The van der Waals surface area contributed by atoms with Crippen LogP contribution in [0.3, 0.4) is 0 Å². The lowest BCUT2D eigenvalue weighted by Crippen LogP contribution is -2.05. The van der Waals surface area contributed by atoms with E-state index in [1.807, 2.05) is 0 Å². The summed E-state index contributed by atoms with van der Waals surface area (Å²) in [6.45, 7) is 13.4. The molecule has 0 bridgehead atoms. The monoisotopic (exact) mass is 326 g/mol. The highest BCUT2D eigenvalue weighted by atomic mass is 16.5. The Morgan fingerprint density at radius 1 is 0.913 bits per heavy atom. The van der Waals surface area contributed by atoms with E-state index in [4.69, 9.17) is 4.74 Å². The molecule has 0 aliphatic rings. The molecule has 0 amide bonds. The van der Waals surface area contributed by atoms with Crippen LogP contribution >= 0.6 is 0 Å². The van der Waals surface area contributed by atoms with E-state index < -0.39 is 0 Å². The molecule has 4 nitrogen and oxygen atoms in total. The van der Waals surface area contributed by atoms with Crippen molar-refractivity contribution in [3.8, 4) is 0 Å². The van der Waals surface area contributed by atoms with Crippen LogP contribution < -0.4 is 0 Å². The molecule has 23 heavy (non-hydrogen) atoms. The molecule has 0 N–H and O–H groups in total. The lowest BCUT2D eigenvalue weighted by Gasteiger charge is -2.04. The fourth-order valence-corrected chi connectivity index (χ4v) is 1.73. The number of hydrogen-bond donors (Lipinski definition) is 0. The van der Waals surface area contributed by atoms with E-state index in [2.05, 4.69) is 24.8 Å². The number of rotatable bonds is 12. The molecule has 0 saturated carbocycles. The predicted molar refractivity (Wildman–Crippen MR) is 95.2 cm³/mol. The van der Waals surface area contributed by atoms with Gasteiger partial charge in [0.25, 0.3) is 0 Å². The second kappa shape index (κ2) is 18.5. The Bertz CT molecular complexity index is 334. The summed E-state index contributed by atoms with van der Waals surface area (Å²) in [7, 11) is 0. The van der Waals surface area contributed by atoms with Gasteiger partial charge in [-0.1, -0.05) is 65.0 Å². The van der Waals surface area contributed by atoms with E-state index in [0.717, 1.165) is 18.9 Å². The first-order valence-corrected chi connectivity index (χ1v) is 8.61. The Morgan fingerprint density at radius 2 is 1.43 bits per heavy atom. The first-order chi connectivity index (χ1) is 11.0. The highest BCUT2D eigenvalue weighted by Gasteiger charge is 2.01.